The molecule has 2 N–H and O–H groups in total. The first-order chi connectivity index (χ1) is 12.3. The van der Waals surface area contributed by atoms with Gasteiger partial charge in [-0.3, -0.25) is 9.59 Å². The first-order valence-electron chi connectivity index (χ1n) is 8.98. The highest BCUT2D eigenvalue weighted by atomic mass is 16.5. The molecule has 0 spiro atoms. The molecule has 1 aromatic rings. The van der Waals surface area contributed by atoms with E-state index in [4.69, 9.17) is 4.74 Å². The zero-order valence-corrected chi connectivity index (χ0v) is 16.2. The number of nitrogens with zero attached hydrogens (tertiary/aromatic N) is 1. The summed E-state index contributed by atoms with van der Waals surface area (Å²) in [6, 6.07) is 1.94. The highest BCUT2D eigenvalue weighted by Gasteiger charge is 2.30. The van der Waals surface area contributed by atoms with E-state index >= 15 is 0 Å². The van der Waals surface area contributed by atoms with Gasteiger partial charge < -0.3 is 15.4 Å². The van der Waals surface area contributed by atoms with E-state index in [1.807, 2.05) is 32.4 Å². The van der Waals surface area contributed by atoms with E-state index in [9.17, 15) is 14.4 Å². The Hall–Kier alpha value is -2.44. The second kappa shape index (κ2) is 10.5. The Morgan fingerprint density at radius 2 is 1.77 bits per heavy atom. The summed E-state index contributed by atoms with van der Waals surface area (Å²) in [5.74, 6) is -1.27. The quantitative estimate of drug-likeness (QED) is 0.508. The minimum absolute atomic E-state index is 0.0845. The third-order valence-electron chi connectivity index (χ3n) is 4.40. The summed E-state index contributed by atoms with van der Waals surface area (Å²) >= 11 is 0. The molecule has 7 heteroatoms. The lowest BCUT2D eigenvalue weighted by atomic mass is 9.97. The Labute approximate surface area is 155 Å². The number of pyridine rings is 1. The van der Waals surface area contributed by atoms with Crippen molar-refractivity contribution >= 4 is 17.8 Å². The van der Waals surface area contributed by atoms with Gasteiger partial charge in [0.1, 0.15) is 19.1 Å². The Morgan fingerprint density at radius 3 is 2.27 bits per heavy atom. The van der Waals surface area contributed by atoms with Crippen LogP contribution in [0.1, 0.15) is 50.4 Å². The van der Waals surface area contributed by atoms with Crippen LogP contribution in [0.2, 0.25) is 0 Å². The lowest BCUT2D eigenvalue weighted by Crippen LogP contribution is -2.54. The Morgan fingerprint density at radius 1 is 1.15 bits per heavy atom. The summed E-state index contributed by atoms with van der Waals surface area (Å²) in [4.78, 5) is 37.1. The molecule has 7 nitrogen and oxygen atoms in total. The summed E-state index contributed by atoms with van der Waals surface area (Å²) in [5, 5.41) is 5.51. The van der Waals surface area contributed by atoms with Crippen LogP contribution in [0.4, 0.5) is 0 Å². The minimum Gasteiger partial charge on any atom is -0.467 e. The fourth-order valence-corrected chi connectivity index (χ4v) is 2.52. The number of amides is 2. The number of hydrogen-bond donors (Lipinski definition) is 2. The van der Waals surface area contributed by atoms with E-state index in [-0.39, 0.29) is 17.7 Å². The van der Waals surface area contributed by atoms with Gasteiger partial charge in [-0.2, -0.15) is 0 Å². The van der Waals surface area contributed by atoms with E-state index in [1.165, 1.54) is 7.11 Å². The molecule has 0 aromatic carbocycles. The summed E-state index contributed by atoms with van der Waals surface area (Å²) < 4.78 is 6.57. The number of ether oxygens (including phenoxy) is 1. The molecular formula is C19H30N3O4+. The van der Waals surface area contributed by atoms with Crippen LogP contribution in [-0.4, -0.2) is 37.0 Å². The van der Waals surface area contributed by atoms with Crippen LogP contribution >= 0.6 is 0 Å². The Kier molecular flexibility index (Phi) is 8.75. The van der Waals surface area contributed by atoms with Crippen molar-refractivity contribution in [2.45, 2.75) is 52.1 Å². The van der Waals surface area contributed by atoms with Crippen LogP contribution in [-0.2, 0) is 21.4 Å². The molecule has 1 rings (SSSR count). The number of aromatic nitrogens is 1. The third kappa shape index (κ3) is 6.13. The zero-order valence-electron chi connectivity index (χ0n) is 16.2. The van der Waals surface area contributed by atoms with Gasteiger partial charge in [-0.25, -0.2) is 9.36 Å². The second-order valence-electron chi connectivity index (χ2n) is 6.46. The first kappa shape index (κ1) is 21.6. The lowest BCUT2D eigenvalue weighted by molar-refractivity contribution is -0.671. The van der Waals surface area contributed by atoms with E-state index < -0.39 is 18.1 Å². The van der Waals surface area contributed by atoms with Gasteiger partial charge in [-0.1, -0.05) is 33.6 Å². The molecule has 2 amide bonds. The molecule has 1 heterocycles. The van der Waals surface area contributed by atoms with Gasteiger partial charge in [0.05, 0.1) is 12.7 Å². The molecular weight excluding hydrogens is 334 g/mol. The number of hydrogen-bond acceptors (Lipinski definition) is 4. The van der Waals surface area contributed by atoms with Crippen molar-refractivity contribution in [3.8, 4) is 0 Å². The largest absolute Gasteiger partial charge is 0.467 e. The average Bonchev–Trinajstić information content (AvgIpc) is 2.64. The lowest BCUT2D eigenvalue weighted by Gasteiger charge is -2.25. The molecule has 0 radical (unpaired) electrons. The van der Waals surface area contributed by atoms with Gasteiger partial charge in [0.15, 0.2) is 12.4 Å². The maximum atomic E-state index is 12.7. The third-order valence-corrected chi connectivity index (χ3v) is 4.40. The highest BCUT2D eigenvalue weighted by Crippen LogP contribution is 2.11. The Balaban J connectivity index is 2.90. The summed E-state index contributed by atoms with van der Waals surface area (Å²) in [7, 11) is 3.15. The topological polar surface area (TPSA) is 88.4 Å². The van der Waals surface area contributed by atoms with Crippen LogP contribution in [0.15, 0.2) is 24.5 Å². The normalized spacial score (nSPS) is 14.0. The molecule has 1 aromatic heterocycles. The van der Waals surface area contributed by atoms with E-state index in [2.05, 4.69) is 10.6 Å². The predicted octanol–water partition coefficient (Wildman–Crippen LogP) is 1.11. The van der Waals surface area contributed by atoms with Crippen LogP contribution in [0, 0.1) is 5.92 Å². The van der Waals surface area contributed by atoms with Crippen molar-refractivity contribution < 1.29 is 23.7 Å². The highest BCUT2D eigenvalue weighted by molar-refractivity contribution is 5.98. The molecule has 0 saturated carbocycles. The summed E-state index contributed by atoms with van der Waals surface area (Å²) in [6.45, 7) is 5.76. The zero-order chi connectivity index (χ0) is 19.7. The van der Waals surface area contributed by atoms with Gasteiger partial charge in [0, 0.05) is 12.1 Å². The molecule has 0 unspecified atom stereocenters. The van der Waals surface area contributed by atoms with E-state index in [1.54, 1.807) is 24.5 Å². The monoisotopic (exact) mass is 364 g/mol. The maximum Gasteiger partial charge on any atom is 0.328 e. The summed E-state index contributed by atoms with van der Waals surface area (Å²) in [6.07, 6.45) is 5.44. The minimum atomic E-state index is -0.731. The molecule has 0 saturated heterocycles. The number of esters is 1. The fourth-order valence-electron chi connectivity index (χ4n) is 2.52. The smallest absolute Gasteiger partial charge is 0.328 e. The van der Waals surface area contributed by atoms with Crippen molar-refractivity contribution in [2.75, 3.05) is 7.11 Å². The number of aryl methyl sites for hydroxylation is 1. The van der Waals surface area contributed by atoms with Crippen molar-refractivity contribution in [1.82, 2.24) is 10.6 Å². The Bertz CT molecular complexity index is 616. The molecule has 0 aliphatic rings. The molecule has 144 valence electrons. The molecule has 0 fully saturated rings. The van der Waals surface area contributed by atoms with Crippen molar-refractivity contribution in [3.05, 3.63) is 30.1 Å². The standard InChI is InChI=1S/C19H29N3O4/c1-6-8-15(19(25)26-5)20-18(24)16(13(3)7-2)21-17(23)14-9-11-22(4)12-10-14/h9-13,15-16H,6-8H2,1-5H3,(H-,20,21,23,24)/p+1/t13-,15-,16-/m0/s1. The van der Waals surface area contributed by atoms with Crippen LogP contribution in [0.3, 0.4) is 0 Å². The van der Waals surface area contributed by atoms with Gasteiger partial charge in [-0.15, -0.1) is 0 Å². The molecule has 3 atom stereocenters. The second-order valence-corrected chi connectivity index (χ2v) is 6.46. The SMILES string of the molecule is CCC[C@H](NC(=O)[C@@H](NC(=O)c1cc[n+](C)cc1)[C@@H](C)CC)C(=O)OC. The molecule has 26 heavy (non-hydrogen) atoms. The molecule has 0 bridgehead atoms. The molecule has 0 aliphatic heterocycles. The van der Waals surface area contributed by atoms with Crippen molar-refractivity contribution in [3.63, 3.8) is 0 Å². The van der Waals surface area contributed by atoms with Crippen molar-refractivity contribution in [1.29, 1.82) is 0 Å². The van der Waals surface area contributed by atoms with E-state index in [0.717, 1.165) is 6.42 Å². The van der Waals surface area contributed by atoms with Crippen LogP contribution < -0.4 is 15.2 Å². The number of nitrogens with one attached hydrogen (secondary N) is 2. The van der Waals surface area contributed by atoms with Gasteiger partial charge >= 0.3 is 5.97 Å². The van der Waals surface area contributed by atoms with Crippen molar-refractivity contribution in [2.24, 2.45) is 13.0 Å². The molecule has 0 aliphatic carbocycles. The average molecular weight is 364 g/mol. The number of carbonyl (C=O) groups excluding carboxylic acids is 3. The number of carbonyl (C=O) groups is 3. The number of rotatable bonds is 9. The van der Waals surface area contributed by atoms with Crippen LogP contribution in [0.25, 0.3) is 0 Å². The van der Waals surface area contributed by atoms with Crippen LogP contribution in [0.5, 0.6) is 0 Å². The van der Waals surface area contributed by atoms with Gasteiger partial charge in [-0.05, 0) is 12.3 Å². The predicted molar refractivity (Wildman–Crippen MR) is 97.2 cm³/mol. The maximum absolute atomic E-state index is 12.7. The summed E-state index contributed by atoms with van der Waals surface area (Å²) in [5.41, 5.74) is 0.474. The van der Waals surface area contributed by atoms with E-state index in [0.29, 0.717) is 18.4 Å². The van der Waals surface area contributed by atoms with Gasteiger partial charge in [0.2, 0.25) is 5.91 Å². The fraction of sp³-hybridized carbons (Fsp3) is 0.579. The first-order valence-corrected chi connectivity index (χ1v) is 8.98. The van der Waals surface area contributed by atoms with Gasteiger partial charge in [0.25, 0.3) is 5.91 Å². The number of methoxy groups -OCH3 is 1.